The van der Waals surface area contributed by atoms with Crippen LogP contribution in [0.4, 0.5) is 0 Å². The molecule has 0 saturated heterocycles. The Kier molecular flexibility index (Phi) is 7.11. The highest BCUT2D eigenvalue weighted by atomic mass is 16.7. The highest BCUT2D eigenvalue weighted by molar-refractivity contribution is 5.87. The molecule has 2 aromatic rings. The van der Waals surface area contributed by atoms with E-state index in [4.69, 9.17) is 19.1 Å². The maximum Gasteiger partial charge on any atom is 0.153 e. The van der Waals surface area contributed by atoms with Crippen LogP contribution in [0.3, 0.4) is 0 Å². The van der Waals surface area contributed by atoms with Crippen molar-refractivity contribution >= 4 is 12.4 Å². The van der Waals surface area contributed by atoms with E-state index in [1.165, 1.54) is 38.8 Å². The van der Waals surface area contributed by atoms with Crippen molar-refractivity contribution in [2.75, 3.05) is 27.4 Å². The first-order chi connectivity index (χ1) is 12.7. The first kappa shape index (κ1) is 18.9. The number of nitrogens with zero attached hydrogens (tertiary/aromatic N) is 2. The number of phenols is 2. The Morgan fingerprint density at radius 3 is 1.58 bits per heavy atom. The molecule has 0 saturated carbocycles. The van der Waals surface area contributed by atoms with Crippen molar-refractivity contribution in [1.82, 2.24) is 0 Å². The molecule has 0 aliphatic carbocycles. The van der Waals surface area contributed by atoms with Crippen LogP contribution in [-0.4, -0.2) is 50.1 Å². The summed E-state index contributed by atoms with van der Waals surface area (Å²) in [7, 11) is 3.00. The van der Waals surface area contributed by atoms with Gasteiger partial charge in [-0.15, -0.1) is 0 Å². The van der Waals surface area contributed by atoms with Gasteiger partial charge in [0.2, 0.25) is 0 Å². The minimum atomic E-state index is 0.0363. The van der Waals surface area contributed by atoms with E-state index in [0.29, 0.717) is 22.6 Å². The molecule has 0 atom stereocenters. The van der Waals surface area contributed by atoms with Crippen LogP contribution >= 0.6 is 0 Å². The molecule has 8 nitrogen and oxygen atoms in total. The number of aromatic hydroxyl groups is 2. The summed E-state index contributed by atoms with van der Waals surface area (Å²) in [6, 6.07) is 9.78. The molecule has 2 aromatic carbocycles. The van der Waals surface area contributed by atoms with Crippen LogP contribution in [0.1, 0.15) is 11.1 Å². The average molecular weight is 360 g/mol. The number of phenolic OH excluding ortho intramolecular Hbond substituents is 2. The SMILES string of the molecule is COc1cccc(O)c1C=NOCCON=Cc1c(O)cccc1OC. The summed E-state index contributed by atoms with van der Waals surface area (Å²) in [5.74, 6) is 1.04. The van der Waals surface area contributed by atoms with E-state index in [-0.39, 0.29) is 24.7 Å². The number of rotatable bonds is 9. The second-order valence-electron chi connectivity index (χ2n) is 4.92. The predicted octanol–water partition coefficient (Wildman–Crippen LogP) is 2.52. The molecule has 2 rings (SSSR count). The summed E-state index contributed by atoms with van der Waals surface area (Å²) < 4.78 is 10.3. The van der Waals surface area contributed by atoms with Crippen molar-refractivity contribution in [3.8, 4) is 23.0 Å². The number of oxime groups is 2. The second kappa shape index (κ2) is 9.77. The van der Waals surface area contributed by atoms with E-state index in [1.807, 2.05) is 0 Å². The van der Waals surface area contributed by atoms with E-state index in [1.54, 1.807) is 24.3 Å². The Labute approximate surface area is 150 Å². The maximum absolute atomic E-state index is 9.77. The van der Waals surface area contributed by atoms with Crippen LogP contribution < -0.4 is 9.47 Å². The number of hydrogen-bond acceptors (Lipinski definition) is 8. The molecule has 0 amide bonds. The van der Waals surface area contributed by atoms with Gasteiger partial charge in [0.05, 0.1) is 37.8 Å². The Balaban J connectivity index is 1.78. The molecule has 0 aliphatic rings. The third kappa shape index (κ3) is 5.04. The molecule has 8 heteroatoms. The number of benzene rings is 2. The van der Waals surface area contributed by atoms with E-state index in [0.717, 1.165) is 0 Å². The molecule has 0 heterocycles. The standard InChI is InChI=1S/C18H20N2O6/c1-23-17-7-3-5-15(21)13(17)11-19-25-9-10-26-20-12-14-16(22)6-4-8-18(14)24-2/h3-8,11-12,21-22H,9-10H2,1-2H3. The van der Waals surface area contributed by atoms with E-state index >= 15 is 0 Å². The van der Waals surface area contributed by atoms with Gasteiger partial charge >= 0.3 is 0 Å². The first-order valence-corrected chi connectivity index (χ1v) is 7.70. The normalized spacial score (nSPS) is 11.0. The lowest BCUT2D eigenvalue weighted by atomic mass is 10.2. The Bertz CT molecular complexity index is 711. The topological polar surface area (TPSA) is 102 Å². The molecule has 138 valence electrons. The zero-order chi connectivity index (χ0) is 18.8. The molecule has 0 aromatic heterocycles. The van der Waals surface area contributed by atoms with Crippen LogP contribution in [-0.2, 0) is 9.68 Å². The van der Waals surface area contributed by atoms with Crippen LogP contribution in [0.25, 0.3) is 0 Å². The Hall–Kier alpha value is -3.42. The van der Waals surface area contributed by atoms with Gasteiger partial charge in [0, 0.05) is 0 Å². The monoisotopic (exact) mass is 360 g/mol. The largest absolute Gasteiger partial charge is 0.507 e. The summed E-state index contributed by atoms with van der Waals surface area (Å²) in [6.45, 7) is 0.281. The smallest absolute Gasteiger partial charge is 0.153 e. The number of methoxy groups -OCH3 is 2. The van der Waals surface area contributed by atoms with Crippen LogP contribution in [0.15, 0.2) is 46.7 Å². The minimum Gasteiger partial charge on any atom is -0.507 e. The van der Waals surface area contributed by atoms with E-state index in [2.05, 4.69) is 10.3 Å². The highest BCUT2D eigenvalue weighted by Gasteiger charge is 2.06. The fraction of sp³-hybridized carbons (Fsp3) is 0.222. The summed E-state index contributed by atoms with van der Waals surface area (Å²) in [5, 5.41) is 27.0. The fourth-order valence-electron chi connectivity index (χ4n) is 2.04. The molecule has 0 spiro atoms. The van der Waals surface area contributed by atoms with Crippen LogP contribution in [0.2, 0.25) is 0 Å². The summed E-state index contributed by atoms with van der Waals surface area (Å²) in [5.41, 5.74) is 0.834. The van der Waals surface area contributed by atoms with E-state index in [9.17, 15) is 10.2 Å². The lowest BCUT2D eigenvalue weighted by Gasteiger charge is -2.06. The maximum atomic E-state index is 9.77. The molecule has 0 fully saturated rings. The third-order valence-electron chi connectivity index (χ3n) is 3.30. The third-order valence-corrected chi connectivity index (χ3v) is 3.30. The number of hydrogen-bond donors (Lipinski definition) is 2. The van der Waals surface area contributed by atoms with Gasteiger partial charge in [-0.25, -0.2) is 0 Å². The van der Waals surface area contributed by atoms with Gasteiger partial charge < -0.3 is 29.4 Å². The van der Waals surface area contributed by atoms with Gasteiger partial charge in [0.25, 0.3) is 0 Å². The average Bonchev–Trinajstić information content (AvgIpc) is 2.65. The molecule has 0 unspecified atom stereocenters. The summed E-state index contributed by atoms with van der Waals surface area (Å²) in [4.78, 5) is 10.1. The van der Waals surface area contributed by atoms with Gasteiger partial charge in [-0.1, -0.05) is 22.4 Å². The molecule has 0 aliphatic heterocycles. The van der Waals surface area contributed by atoms with Gasteiger partial charge in [-0.05, 0) is 24.3 Å². The zero-order valence-electron chi connectivity index (χ0n) is 14.5. The van der Waals surface area contributed by atoms with Gasteiger partial charge in [0.1, 0.15) is 23.0 Å². The molecular weight excluding hydrogens is 340 g/mol. The Morgan fingerprint density at radius 1 is 0.769 bits per heavy atom. The zero-order valence-corrected chi connectivity index (χ0v) is 14.5. The number of ether oxygens (including phenoxy) is 2. The predicted molar refractivity (Wildman–Crippen MR) is 96.4 cm³/mol. The molecule has 2 N–H and O–H groups in total. The Morgan fingerprint density at radius 2 is 1.19 bits per heavy atom. The lowest BCUT2D eigenvalue weighted by molar-refractivity contribution is 0.0552. The van der Waals surface area contributed by atoms with Crippen LogP contribution in [0.5, 0.6) is 23.0 Å². The summed E-state index contributed by atoms with van der Waals surface area (Å²) in [6.07, 6.45) is 2.70. The van der Waals surface area contributed by atoms with Crippen LogP contribution in [0, 0.1) is 0 Å². The molecule has 26 heavy (non-hydrogen) atoms. The second-order valence-corrected chi connectivity index (χ2v) is 4.92. The molecule has 0 radical (unpaired) electrons. The summed E-state index contributed by atoms with van der Waals surface area (Å²) >= 11 is 0. The van der Waals surface area contributed by atoms with Crippen molar-refractivity contribution in [3.63, 3.8) is 0 Å². The van der Waals surface area contributed by atoms with Gasteiger partial charge in [-0.3, -0.25) is 0 Å². The first-order valence-electron chi connectivity index (χ1n) is 7.70. The lowest BCUT2D eigenvalue weighted by Crippen LogP contribution is -1.99. The van der Waals surface area contributed by atoms with Crippen molar-refractivity contribution in [1.29, 1.82) is 0 Å². The molecular formula is C18H20N2O6. The van der Waals surface area contributed by atoms with Crippen molar-refractivity contribution < 1.29 is 29.4 Å². The van der Waals surface area contributed by atoms with Crippen molar-refractivity contribution in [2.24, 2.45) is 10.3 Å². The van der Waals surface area contributed by atoms with Crippen molar-refractivity contribution in [2.45, 2.75) is 0 Å². The fourth-order valence-corrected chi connectivity index (χ4v) is 2.04. The van der Waals surface area contributed by atoms with E-state index < -0.39 is 0 Å². The molecule has 0 bridgehead atoms. The quantitative estimate of drug-likeness (QED) is 0.405. The van der Waals surface area contributed by atoms with Crippen molar-refractivity contribution in [3.05, 3.63) is 47.5 Å². The van der Waals surface area contributed by atoms with Gasteiger partial charge in [-0.2, -0.15) is 0 Å². The minimum absolute atomic E-state index is 0.0363. The highest BCUT2D eigenvalue weighted by Crippen LogP contribution is 2.25. The van der Waals surface area contributed by atoms with Gasteiger partial charge in [0.15, 0.2) is 13.2 Å².